The van der Waals surface area contributed by atoms with Crippen LogP contribution in [0.4, 0.5) is 0 Å². The first-order valence-corrected chi connectivity index (χ1v) is 12.6. The maximum atomic E-state index is 13.1. The fraction of sp³-hybridized carbons (Fsp3) is 0.320. The molecule has 1 amide bonds. The molecule has 2 aromatic carbocycles. The lowest BCUT2D eigenvalue weighted by atomic mass is 10.0. The van der Waals surface area contributed by atoms with Crippen molar-refractivity contribution in [3.8, 4) is 5.75 Å². The third-order valence-electron chi connectivity index (χ3n) is 5.64. The van der Waals surface area contributed by atoms with Crippen molar-refractivity contribution in [3.05, 3.63) is 82.0 Å². The van der Waals surface area contributed by atoms with Gasteiger partial charge in [0.05, 0.1) is 18.7 Å². The standard InChI is InChI=1S/C25H28N2O2S2/c1-29-21-10-8-20(9-11-21)23(27-13-4-5-14-27)16-26-25(28)22-6-2-3-7-24(22)31-18-19-12-15-30-17-19/h2-3,6-12,15,17,23H,4-5,13-14,16,18H2,1H3,(H,26,28). The molecule has 162 valence electrons. The lowest BCUT2D eigenvalue weighted by Gasteiger charge is -2.28. The number of likely N-dealkylation sites (tertiary alicyclic amines) is 1. The molecule has 1 saturated heterocycles. The molecule has 4 rings (SSSR count). The maximum absolute atomic E-state index is 13.1. The number of nitrogens with zero attached hydrogens (tertiary/aromatic N) is 1. The number of nitrogens with one attached hydrogen (secondary N) is 1. The number of rotatable bonds is 9. The van der Waals surface area contributed by atoms with E-state index >= 15 is 0 Å². The van der Waals surface area contributed by atoms with E-state index in [1.807, 2.05) is 36.4 Å². The van der Waals surface area contributed by atoms with Gasteiger partial charge in [0.2, 0.25) is 0 Å². The van der Waals surface area contributed by atoms with E-state index in [9.17, 15) is 4.79 Å². The molecule has 4 nitrogen and oxygen atoms in total. The van der Waals surface area contributed by atoms with Gasteiger partial charge in [-0.3, -0.25) is 9.69 Å². The molecule has 1 atom stereocenters. The van der Waals surface area contributed by atoms with Crippen LogP contribution in [0, 0.1) is 0 Å². The van der Waals surface area contributed by atoms with Crippen LogP contribution in [-0.2, 0) is 5.75 Å². The molecule has 0 aliphatic carbocycles. The minimum Gasteiger partial charge on any atom is -0.497 e. The Kier molecular flexibility index (Phi) is 7.67. The number of methoxy groups -OCH3 is 1. The van der Waals surface area contributed by atoms with Crippen LogP contribution in [0.25, 0.3) is 0 Å². The molecule has 1 N–H and O–H groups in total. The highest BCUT2D eigenvalue weighted by atomic mass is 32.2. The average Bonchev–Trinajstić information content (AvgIpc) is 3.53. The van der Waals surface area contributed by atoms with Crippen LogP contribution in [0.3, 0.4) is 0 Å². The predicted octanol–water partition coefficient (Wildman–Crippen LogP) is 5.62. The summed E-state index contributed by atoms with van der Waals surface area (Å²) in [6.45, 7) is 2.73. The molecule has 2 heterocycles. The van der Waals surface area contributed by atoms with Crippen molar-refractivity contribution in [1.29, 1.82) is 0 Å². The molecular weight excluding hydrogens is 424 g/mol. The van der Waals surface area contributed by atoms with Crippen LogP contribution in [0.2, 0.25) is 0 Å². The van der Waals surface area contributed by atoms with Crippen LogP contribution in [0.15, 0.2) is 70.3 Å². The molecule has 0 spiro atoms. The predicted molar refractivity (Wildman–Crippen MR) is 129 cm³/mol. The molecule has 0 radical (unpaired) electrons. The van der Waals surface area contributed by atoms with Crippen molar-refractivity contribution in [3.63, 3.8) is 0 Å². The van der Waals surface area contributed by atoms with Gasteiger partial charge in [-0.1, -0.05) is 24.3 Å². The molecule has 1 aliphatic heterocycles. The number of carbonyl (C=O) groups is 1. The highest BCUT2D eigenvalue weighted by Crippen LogP contribution is 2.29. The first-order valence-electron chi connectivity index (χ1n) is 10.6. The quantitative estimate of drug-likeness (QED) is 0.428. The van der Waals surface area contributed by atoms with Gasteiger partial charge in [-0.05, 0) is 78.2 Å². The summed E-state index contributed by atoms with van der Waals surface area (Å²) in [5, 5.41) is 7.46. The number of benzene rings is 2. The highest BCUT2D eigenvalue weighted by Gasteiger charge is 2.24. The fourth-order valence-electron chi connectivity index (χ4n) is 3.94. The Morgan fingerprint density at radius 2 is 1.90 bits per heavy atom. The van der Waals surface area contributed by atoms with Gasteiger partial charge in [-0.2, -0.15) is 11.3 Å². The normalized spacial score (nSPS) is 15.0. The Morgan fingerprint density at radius 1 is 1.13 bits per heavy atom. The zero-order valence-electron chi connectivity index (χ0n) is 17.8. The Morgan fingerprint density at radius 3 is 2.61 bits per heavy atom. The van der Waals surface area contributed by atoms with Gasteiger partial charge in [0.15, 0.2) is 0 Å². The minimum absolute atomic E-state index is 0.00822. The molecule has 1 fully saturated rings. The Bertz CT molecular complexity index is 967. The molecule has 31 heavy (non-hydrogen) atoms. The van der Waals surface area contributed by atoms with Gasteiger partial charge in [-0.25, -0.2) is 0 Å². The Hall–Kier alpha value is -2.28. The zero-order valence-corrected chi connectivity index (χ0v) is 19.4. The third kappa shape index (κ3) is 5.70. The molecular formula is C25H28N2O2S2. The highest BCUT2D eigenvalue weighted by molar-refractivity contribution is 7.98. The summed E-state index contributed by atoms with van der Waals surface area (Å²) in [7, 11) is 1.68. The second-order valence-corrected chi connectivity index (χ2v) is 9.46. The number of thioether (sulfide) groups is 1. The van der Waals surface area contributed by atoms with Crippen LogP contribution in [0.1, 0.15) is 40.4 Å². The second kappa shape index (κ2) is 10.8. The van der Waals surface area contributed by atoms with Crippen molar-refractivity contribution in [2.45, 2.75) is 29.5 Å². The van der Waals surface area contributed by atoms with Crippen molar-refractivity contribution in [2.24, 2.45) is 0 Å². The van der Waals surface area contributed by atoms with E-state index in [1.165, 1.54) is 24.0 Å². The Balaban J connectivity index is 1.45. The van der Waals surface area contributed by atoms with E-state index in [2.05, 4.69) is 39.2 Å². The van der Waals surface area contributed by atoms with Crippen LogP contribution < -0.4 is 10.1 Å². The smallest absolute Gasteiger partial charge is 0.252 e. The van der Waals surface area contributed by atoms with Crippen LogP contribution in [-0.4, -0.2) is 37.6 Å². The first-order chi connectivity index (χ1) is 15.2. The number of amides is 1. The molecule has 0 bridgehead atoms. The van der Waals surface area contributed by atoms with Crippen molar-refractivity contribution >= 4 is 29.0 Å². The largest absolute Gasteiger partial charge is 0.497 e. The van der Waals surface area contributed by atoms with E-state index in [0.717, 1.165) is 35.1 Å². The third-order valence-corrected chi connectivity index (χ3v) is 7.52. The minimum atomic E-state index is -0.00822. The summed E-state index contributed by atoms with van der Waals surface area (Å²) in [6, 6.07) is 18.4. The number of ether oxygens (including phenoxy) is 1. The van der Waals surface area contributed by atoms with E-state index in [4.69, 9.17) is 4.74 Å². The summed E-state index contributed by atoms with van der Waals surface area (Å²) < 4.78 is 5.31. The van der Waals surface area contributed by atoms with Gasteiger partial charge >= 0.3 is 0 Å². The van der Waals surface area contributed by atoms with Crippen LogP contribution in [0.5, 0.6) is 5.75 Å². The number of hydrogen-bond acceptors (Lipinski definition) is 5. The average molecular weight is 453 g/mol. The van der Waals surface area contributed by atoms with Crippen LogP contribution >= 0.6 is 23.1 Å². The maximum Gasteiger partial charge on any atom is 0.252 e. The molecule has 1 aromatic heterocycles. The van der Waals surface area contributed by atoms with Gasteiger partial charge in [0.25, 0.3) is 5.91 Å². The topological polar surface area (TPSA) is 41.6 Å². The second-order valence-electron chi connectivity index (χ2n) is 7.66. The SMILES string of the molecule is COc1ccc(C(CNC(=O)c2ccccc2SCc2ccsc2)N2CCCC2)cc1. The number of thiophene rings is 1. The van der Waals surface area contributed by atoms with Gasteiger partial charge in [0, 0.05) is 17.2 Å². The fourth-order valence-corrected chi connectivity index (χ4v) is 5.70. The summed E-state index contributed by atoms with van der Waals surface area (Å²) in [4.78, 5) is 16.6. The van der Waals surface area contributed by atoms with Crippen molar-refractivity contribution in [1.82, 2.24) is 10.2 Å². The summed E-state index contributed by atoms with van der Waals surface area (Å²) >= 11 is 3.42. The van der Waals surface area contributed by atoms with E-state index < -0.39 is 0 Å². The lowest BCUT2D eigenvalue weighted by molar-refractivity contribution is 0.0935. The first kappa shape index (κ1) is 21.9. The summed E-state index contributed by atoms with van der Waals surface area (Å²) in [5.41, 5.74) is 3.25. The molecule has 6 heteroatoms. The summed E-state index contributed by atoms with van der Waals surface area (Å²) in [6.07, 6.45) is 2.42. The van der Waals surface area contributed by atoms with Gasteiger partial charge < -0.3 is 10.1 Å². The number of carbonyl (C=O) groups excluding carboxylic acids is 1. The number of hydrogen-bond donors (Lipinski definition) is 1. The van der Waals surface area contributed by atoms with E-state index in [1.54, 1.807) is 30.2 Å². The molecule has 3 aromatic rings. The van der Waals surface area contributed by atoms with E-state index in [0.29, 0.717) is 6.54 Å². The molecule has 0 saturated carbocycles. The molecule has 1 unspecified atom stereocenters. The zero-order chi connectivity index (χ0) is 21.5. The summed E-state index contributed by atoms with van der Waals surface area (Å²) in [5.74, 6) is 1.71. The monoisotopic (exact) mass is 452 g/mol. The Labute approximate surface area is 192 Å². The lowest BCUT2D eigenvalue weighted by Crippen LogP contribution is -2.37. The molecule has 1 aliphatic rings. The van der Waals surface area contributed by atoms with E-state index in [-0.39, 0.29) is 11.9 Å². The van der Waals surface area contributed by atoms with Gasteiger partial charge in [-0.15, -0.1) is 11.8 Å². The van der Waals surface area contributed by atoms with Crippen molar-refractivity contribution in [2.75, 3.05) is 26.7 Å². The van der Waals surface area contributed by atoms with Gasteiger partial charge in [0.1, 0.15) is 5.75 Å². The van der Waals surface area contributed by atoms with Crippen molar-refractivity contribution < 1.29 is 9.53 Å².